The van der Waals surface area contributed by atoms with E-state index in [1.807, 2.05) is 18.3 Å². The number of nitrogens with one attached hydrogen (secondary N) is 1. The Labute approximate surface area is 175 Å². The fraction of sp³-hybridized carbons (Fsp3) is 0.238. The van der Waals surface area contributed by atoms with Gasteiger partial charge in [0.1, 0.15) is 17.3 Å². The maximum Gasteiger partial charge on any atom is 0.229 e. The van der Waals surface area contributed by atoms with Crippen LogP contribution in [-0.2, 0) is 16.3 Å². The summed E-state index contributed by atoms with van der Waals surface area (Å²) in [4.78, 5) is 11.5. The summed E-state index contributed by atoms with van der Waals surface area (Å²) in [6.45, 7) is 0.749. The van der Waals surface area contributed by atoms with Crippen LogP contribution in [0.3, 0.4) is 0 Å². The van der Waals surface area contributed by atoms with Crippen LogP contribution < -0.4 is 19.7 Å². The van der Waals surface area contributed by atoms with Crippen molar-refractivity contribution in [1.82, 2.24) is 9.97 Å². The first-order valence-electron chi connectivity index (χ1n) is 9.31. The molecule has 8 nitrogen and oxygen atoms in total. The third-order valence-electron chi connectivity index (χ3n) is 4.89. The Bertz CT molecular complexity index is 1160. The van der Waals surface area contributed by atoms with Gasteiger partial charge in [0.2, 0.25) is 5.95 Å². The number of aromatic nitrogens is 2. The molecule has 0 fully saturated rings. The van der Waals surface area contributed by atoms with E-state index in [-0.39, 0.29) is 0 Å². The molecule has 1 N–H and O–H groups in total. The van der Waals surface area contributed by atoms with E-state index in [1.54, 1.807) is 44.6 Å². The van der Waals surface area contributed by atoms with Gasteiger partial charge in [-0.15, -0.1) is 0 Å². The first kappa shape index (κ1) is 20.0. The molecular formula is C21H22N4O4S. The zero-order valence-corrected chi connectivity index (χ0v) is 17.7. The molecule has 2 aromatic carbocycles. The van der Waals surface area contributed by atoms with Crippen molar-refractivity contribution >= 4 is 33.0 Å². The number of rotatable bonds is 6. The summed E-state index contributed by atoms with van der Waals surface area (Å²) in [5.41, 5.74) is 2.66. The molecule has 2 heterocycles. The number of nitrogens with zero attached hydrogens (tertiary/aromatic N) is 3. The smallest absolute Gasteiger partial charge is 0.229 e. The highest BCUT2D eigenvalue weighted by atomic mass is 32.2. The number of hydrogen-bond acceptors (Lipinski definition) is 8. The Morgan fingerprint density at radius 1 is 1.03 bits per heavy atom. The zero-order valence-electron chi connectivity index (χ0n) is 16.9. The maximum absolute atomic E-state index is 11.7. The van der Waals surface area contributed by atoms with Crippen molar-refractivity contribution in [3.8, 4) is 11.5 Å². The van der Waals surface area contributed by atoms with Crippen LogP contribution in [0.15, 0.2) is 53.6 Å². The first-order valence-corrected chi connectivity index (χ1v) is 11.2. The maximum atomic E-state index is 11.7. The molecule has 156 valence electrons. The van der Waals surface area contributed by atoms with Gasteiger partial charge in [-0.1, -0.05) is 0 Å². The predicted molar refractivity (Wildman–Crippen MR) is 115 cm³/mol. The molecule has 0 saturated heterocycles. The first-order chi connectivity index (χ1) is 14.4. The van der Waals surface area contributed by atoms with Crippen molar-refractivity contribution in [2.75, 3.05) is 37.2 Å². The number of methoxy groups -OCH3 is 2. The average Bonchev–Trinajstić information content (AvgIpc) is 3.16. The normalized spacial score (nSPS) is 13.1. The molecule has 0 radical (unpaired) electrons. The van der Waals surface area contributed by atoms with E-state index < -0.39 is 9.84 Å². The summed E-state index contributed by atoms with van der Waals surface area (Å²) in [5.74, 6) is 2.56. The number of ether oxygens (including phenoxy) is 2. The standard InChI is InChI=1S/C21H22N4O4S/c1-28-17-10-15(11-18(12-17)29-2)23-21-22-13-14-8-9-25(20(14)24-21)16-4-6-19(7-5-16)30(3,26)27/h4-7,10-13H,8-9H2,1-3H3,(H,22,23,24). The number of sulfone groups is 1. The SMILES string of the molecule is COc1cc(Nc2ncc3c(n2)N(c2ccc(S(C)(=O)=O)cc2)CC3)cc(OC)c1. The highest BCUT2D eigenvalue weighted by Crippen LogP contribution is 2.34. The summed E-state index contributed by atoms with van der Waals surface area (Å²) >= 11 is 0. The largest absolute Gasteiger partial charge is 0.497 e. The summed E-state index contributed by atoms with van der Waals surface area (Å²) in [7, 11) is -0.0419. The lowest BCUT2D eigenvalue weighted by atomic mass is 10.2. The average molecular weight is 426 g/mol. The molecule has 30 heavy (non-hydrogen) atoms. The van der Waals surface area contributed by atoms with Crippen LogP contribution in [0, 0.1) is 0 Å². The minimum atomic E-state index is -3.23. The van der Waals surface area contributed by atoms with Crippen molar-refractivity contribution < 1.29 is 17.9 Å². The molecule has 0 aliphatic carbocycles. The van der Waals surface area contributed by atoms with Gasteiger partial charge in [-0.2, -0.15) is 4.98 Å². The van der Waals surface area contributed by atoms with Crippen molar-refractivity contribution in [3.63, 3.8) is 0 Å². The molecule has 1 aromatic heterocycles. The van der Waals surface area contributed by atoms with Gasteiger partial charge in [0, 0.05) is 54.1 Å². The summed E-state index contributed by atoms with van der Waals surface area (Å²) < 4.78 is 34.0. The lowest BCUT2D eigenvalue weighted by Gasteiger charge is -2.19. The van der Waals surface area contributed by atoms with Crippen molar-refractivity contribution in [3.05, 3.63) is 54.2 Å². The molecule has 3 aromatic rings. The number of hydrogen-bond donors (Lipinski definition) is 1. The van der Waals surface area contributed by atoms with Gasteiger partial charge in [0.15, 0.2) is 9.84 Å². The minimum Gasteiger partial charge on any atom is -0.497 e. The predicted octanol–water partition coefficient (Wildman–Crippen LogP) is 3.34. The molecule has 0 amide bonds. The second kappa shape index (κ2) is 7.83. The van der Waals surface area contributed by atoms with Crippen LogP contribution in [0.25, 0.3) is 0 Å². The van der Waals surface area contributed by atoms with E-state index in [2.05, 4.69) is 15.2 Å². The van der Waals surface area contributed by atoms with Gasteiger partial charge in [0.25, 0.3) is 0 Å². The number of fused-ring (bicyclic) bond motifs is 1. The summed E-state index contributed by atoms with van der Waals surface area (Å²) in [6.07, 6.45) is 3.83. The van der Waals surface area contributed by atoms with E-state index in [0.29, 0.717) is 22.3 Å². The lowest BCUT2D eigenvalue weighted by molar-refractivity contribution is 0.395. The molecule has 4 rings (SSSR count). The van der Waals surface area contributed by atoms with E-state index >= 15 is 0 Å². The Morgan fingerprint density at radius 3 is 2.30 bits per heavy atom. The molecular weight excluding hydrogens is 404 g/mol. The van der Waals surface area contributed by atoms with Gasteiger partial charge >= 0.3 is 0 Å². The third kappa shape index (κ3) is 4.02. The van der Waals surface area contributed by atoms with Crippen molar-refractivity contribution in [2.45, 2.75) is 11.3 Å². The van der Waals surface area contributed by atoms with E-state index in [0.717, 1.165) is 35.7 Å². The van der Waals surface area contributed by atoms with Gasteiger partial charge in [-0.3, -0.25) is 0 Å². The van der Waals surface area contributed by atoms with Crippen LogP contribution in [0.1, 0.15) is 5.56 Å². The third-order valence-corrected chi connectivity index (χ3v) is 6.01. The molecule has 0 atom stereocenters. The van der Waals surface area contributed by atoms with Crippen molar-refractivity contribution in [2.24, 2.45) is 0 Å². The van der Waals surface area contributed by atoms with Crippen LogP contribution in [0.5, 0.6) is 11.5 Å². The van der Waals surface area contributed by atoms with Crippen LogP contribution in [0.4, 0.5) is 23.1 Å². The second-order valence-electron chi connectivity index (χ2n) is 6.94. The minimum absolute atomic E-state index is 0.294. The fourth-order valence-electron chi connectivity index (χ4n) is 3.34. The molecule has 9 heteroatoms. The van der Waals surface area contributed by atoms with Gasteiger partial charge in [0.05, 0.1) is 19.1 Å². The monoisotopic (exact) mass is 426 g/mol. The fourth-order valence-corrected chi connectivity index (χ4v) is 3.97. The lowest BCUT2D eigenvalue weighted by Crippen LogP contribution is -2.15. The molecule has 1 aliphatic rings. The molecule has 0 spiro atoms. The van der Waals surface area contributed by atoms with Crippen LogP contribution >= 0.6 is 0 Å². The van der Waals surface area contributed by atoms with Crippen LogP contribution in [-0.4, -0.2) is 45.4 Å². The Hall–Kier alpha value is -3.33. The number of anilines is 4. The van der Waals surface area contributed by atoms with Gasteiger partial charge in [-0.05, 0) is 30.7 Å². The molecule has 0 saturated carbocycles. The van der Waals surface area contributed by atoms with Crippen LogP contribution in [0.2, 0.25) is 0 Å². The van der Waals surface area contributed by atoms with Crippen molar-refractivity contribution in [1.29, 1.82) is 0 Å². The van der Waals surface area contributed by atoms with E-state index in [4.69, 9.17) is 14.5 Å². The molecule has 1 aliphatic heterocycles. The van der Waals surface area contributed by atoms with Gasteiger partial charge in [-0.25, -0.2) is 13.4 Å². The second-order valence-corrected chi connectivity index (χ2v) is 8.95. The summed E-state index contributed by atoms with van der Waals surface area (Å²) in [6, 6.07) is 12.3. The van der Waals surface area contributed by atoms with E-state index in [1.165, 1.54) is 6.26 Å². The Kier molecular flexibility index (Phi) is 5.21. The highest BCUT2D eigenvalue weighted by molar-refractivity contribution is 7.90. The molecule has 0 unspecified atom stereocenters. The zero-order chi connectivity index (χ0) is 21.3. The van der Waals surface area contributed by atoms with E-state index in [9.17, 15) is 8.42 Å². The summed E-state index contributed by atoms with van der Waals surface area (Å²) in [5, 5.41) is 3.20. The number of benzene rings is 2. The quantitative estimate of drug-likeness (QED) is 0.642. The topological polar surface area (TPSA) is 93.6 Å². The van der Waals surface area contributed by atoms with Gasteiger partial charge < -0.3 is 19.7 Å². The molecule has 0 bridgehead atoms. The highest BCUT2D eigenvalue weighted by Gasteiger charge is 2.23. The Morgan fingerprint density at radius 2 is 1.70 bits per heavy atom. The Balaban J connectivity index is 1.62.